The van der Waals surface area contributed by atoms with Gasteiger partial charge < -0.3 is 10.0 Å². The van der Waals surface area contributed by atoms with Gasteiger partial charge in [-0.3, -0.25) is 0 Å². The van der Waals surface area contributed by atoms with Gasteiger partial charge in [-0.05, 0) is 17.6 Å². The minimum Gasteiger partial charge on any atom is -0.423 e. The van der Waals surface area contributed by atoms with Gasteiger partial charge in [-0.2, -0.15) is 0 Å². The van der Waals surface area contributed by atoms with Gasteiger partial charge in [-0.1, -0.05) is 31.5 Å². The highest BCUT2D eigenvalue weighted by Gasteiger charge is 2.23. The average Bonchev–Trinajstić information content (AvgIpc) is 2.07. The zero-order valence-corrected chi connectivity index (χ0v) is 9.59. The number of hydrogen-bond acceptors (Lipinski definition) is 2. The van der Waals surface area contributed by atoms with E-state index in [9.17, 15) is 8.78 Å². The SMILES string of the molecule is CC(C)(C)Bc1cc(F)c(F)cc1B(O)O. The lowest BCUT2D eigenvalue weighted by Gasteiger charge is -2.19. The molecule has 0 bridgehead atoms. The second-order valence-electron chi connectivity index (χ2n) is 5.08. The van der Waals surface area contributed by atoms with Crippen LogP contribution >= 0.6 is 0 Å². The highest BCUT2D eigenvalue weighted by atomic mass is 19.2. The van der Waals surface area contributed by atoms with Crippen LogP contribution < -0.4 is 10.9 Å². The van der Waals surface area contributed by atoms with Crippen molar-refractivity contribution < 1.29 is 18.8 Å². The Labute approximate surface area is 94.7 Å². The number of halogens is 2. The molecule has 2 nitrogen and oxygen atoms in total. The van der Waals surface area contributed by atoms with Crippen LogP contribution in [-0.4, -0.2) is 24.4 Å². The van der Waals surface area contributed by atoms with Crippen LogP contribution in [0.15, 0.2) is 12.1 Å². The first-order valence-electron chi connectivity index (χ1n) is 5.04. The predicted molar refractivity (Wildman–Crippen MR) is 62.7 cm³/mol. The fourth-order valence-electron chi connectivity index (χ4n) is 1.57. The standard InChI is InChI=1S/C10H14B2F2O2/c1-10(2,3)11-6-4-8(13)9(14)5-7(6)12(15)16/h4-5,11,15-16H,1-3H3. The van der Waals surface area contributed by atoms with Gasteiger partial charge >= 0.3 is 7.12 Å². The molecule has 0 saturated carbocycles. The maximum atomic E-state index is 13.1. The molecule has 0 aliphatic carbocycles. The number of benzene rings is 1. The van der Waals surface area contributed by atoms with Crippen LogP contribution in [0.2, 0.25) is 5.31 Å². The van der Waals surface area contributed by atoms with E-state index in [1.54, 1.807) is 0 Å². The Morgan fingerprint density at radius 1 is 1.12 bits per heavy atom. The summed E-state index contributed by atoms with van der Waals surface area (Å²) >= 11 is 0. The average molecular weight is 226 g/mol. The molecule has 16 heavy (non-hydrogen) atoms. The summed E-state index contributed by atoms with van der Waals surface area (Å²) in [6, 6.07) is 1.86. The highest BCUT2D eigenvalue weighted by Crippen LogP contribution is 2.19. The Morgan fingerprint density at radius 3 is 2.06 bits per heavy atom. The van der Waals surface area contributed by atoms with E-state index in [1.807, 2.05) is 20.8 Å². The van der Waals surface area contributed by atoms with Gasteiger partial charge in [-0.25, -0.2) is 8.78 Å². The lowest BCUT2D eigenvalue weighted by Crippen LogP contribution is -2.46. The smallest absolute Gasteiger partial charge is 0.423 e. The fraction of sp³-hybridized carbons (Fsp3) is 0.400. The highest BCUT2D eigenvalue weighted by molar-refractivity contribution is 6.70. The zero-order chi connectivity index (χ0) is 12.5. The van der Waals surface area contributed by atoms with Crippen LogP contribution in [0.5, 0.6) is 0 Å². The van der Waals surface area contributed by atoms with Crippen molar-refractivity contribution in [1.29, 1.82) is 0 Å². The van der Waals surface area contributed by atoms with Crippen molar-refractivity contribution in [2.24, 2.45) is 0 Å². The van der Waals surface area contributed by atoms with E-state index in [1.165, 1.54) is 0 Å². The Morgan fingerprint density at radius 2 is 1.62 bits per heavy atom. The zero-order valence-electron chi connectivity index (χ0n) is 9.59. The molecule has 0 aliphatic rings. The fourth-order valence-corrected chi connectivity index (χ4v) is 1.57. The first-order chi connectivity index (χ1) is 7.20. The second-order valence-corrected chi connectivity index (χ2v) is 5.08. The summed E-state index contributed by atoms with van der Waals surface area (Å²) in [7, 11) is -1.34. The largest absolute Gasteiger partial charge is 0.487 e. The van der Waals surface area contributed by atoms with Crippen molar-refractivity contribution in [2.45, 2.75) is 26.1 Å². The van der Waals surface area contributed by atoms with E-state index < -0.39 is 18.8 Å². The molecular formula is C10H14B2F2O2. The van der Waals surface area contributed by atoms with Crippen LogP contribution in [0, 0.1) is 11.6 Å². The molecule has 0 radical (unpaired) electrons. The minimum atomic E-state index is -1.78. The molecule has 0 fully saturated rings. The first kappa shape index (κ1) is 13.2. The maximum absolute atomic E-state index is 13.1. The van der Waals surface area contributed by atoms with Crippen molar-refractivity contribution >= 4 is 25.3 Å². The molecule has 0 atom stereocenters. The van der Waals surface area contributed by atoms with Crippen molar-refractivity contribution in [3.05, 3.63) is 23.8 Å². The van der Waals surface area contributed by atoms with Gasteiger partial charge in [0.05, 0.1) is 0 Å². The van der Waals surface area contributed by atoms with Crippen LogP contribution in [0.1, 0.15) is 20.8 Å². The Hall–Kier alpha value is -0.870. The van der Waals surface area contributed by atoms with E-state index in [4.69, 9.17) is 10.0 Å². The topological polar surface area (TPSA) is 40.5 Å². The number of hydrogen-bond donors (Lipinski definition) is 2. The molecule has 0 unspecified atom stereocenters. The van der Waals surface area contributed by atoms with Crippen molar-refractivity contribution in [3.8, 4) is 0 Å². The molecule has 0 aliphatic heterocycles. The predicted octanol–water partition coefficient (Wildman–Crippen LogP) is -0.0752. The van der Waals surface area contributed by atoms with Crippen LogP contribution in [-0.2, 0) is 0 Å². The molecule has 0 aromatic heterocycles. The van der Waals surface area contributed by atoms with Gasteiger partial charge in [0.25, 0.3) is 0 Å². The molecular weight excluding hydrogens is 212 g/mol. The summed E-state index contributed by atoms with van der Waals surface area (Å²) in [5.74, 6) is -2.04. The Kier molecular flexibility index (Phi) is 3.76. The molecule has 0 spiro atoms. The molecule has 1 rings (SSSR count). The van der Waals surface area contributed by atoms with E-state index in [0.717, 1.165) is 12.1 Å². The van der Waals surface area contributed by atoms with E-state index >= 15 is 0 Å². The summed E-state index contributed by atoms with van der Waals surface area (Å²) in [4.78, 5) is 0. The monoisotopic (exact) mass is 226 g/mol. The Balaban J connectivity index is 3.20. The molecule has 0 amide bonds. The maximum Gasteiger partial charge on any atom is 0.487 e. The van der Waals surface area contributed by atoms with E-state index in [-0.39, 0.29) is 10.8 Å². The van der Waals surface area contributed by atoms with Gasteiger partial charge in [0.2, 0.25) is 0 Å². The van der Waals surface area contributed by atoms with Crippen molar-refractivity contribution in [1.82, 2.24) is 0 Å². The first-order valence-corrected chi connectivity index (χ1v) is 5.04. The molecule has 6 heteroatoms. The lowest BCUT2D eigenvalue weighted by atomic mass is 9.48. The minimum absolute atomic E-state index is 0.0221. The van der Waals surface area contributed by atoms with Gasteiger partial charge in [-0.15, -0.1) is 0 Å². The molecule has 0 heterocycles. The molecule has 86 valence electrons. The van der Waals surface area contributed by atoms with Crippen LogP contribution in [0.4, 0.5) is 8.78 Å². The van der Waals surface area contributed by atoms with E-state index in [0.29, 0.717) is 12.7 Å². The Bertz CT molecular complexity index is 389. The molecule has 1 aromatic rings. The van der Waals surface area contributed by atoms with Crippen molar-refractivity contribution in [2.75, 3.05) is 0 Å². The van der Waals surface area contributed by atoms with Gasteiger partial charge in [0, 0.05) is 0 Å². The third-order valence-electron chi connectivity index (χ3n) is 2.18. The molecule has 2 N–H and O–H groups in total. The summed E-state index contributed by atoms with van der Waals surface area (Å²) in [5, 5.41) is 18.0. The van der Waals surface area contributed by atoms with E-state index in [2.05, 4.69) is 0 Å². The quantitative estimate of drug-likeness (QED) is 0.692. The number of rotatable bonds is 2. The third kappa shape index (κ3) is 3.32. The second kappa shape index (κ2) is 4.55. The summed E-state index contributed by atoms with van der Waals surface area (Å²) in [6.07, 6.45) is 0. The lowest BCUT2D eigenvalue weighted by molar-refractivity contribution is 0.425. The van der Waals surface area contributed by atoms with Gasteiger partial charge in [0.1, 0.15) is 0 Å². The van der Waals surface area contributed by atoms with Crippen molar-refractivity contribution in [3.63, 3.8) is 0 Å². The third-order valence-corrected chi connectivity index (χ3v) is 2.18. The van der Waals surface area contributed by atoms with Crippen LogP contribution in [0.3, 0.4) is 0 Å². The molecule has 1 aromatic carbocycles. The van der Waals surface area contributed by atoms with Gasteiger partial charge in [0.15, 0.2) is 18.9 Å². The summed E-state index contributed by atoms with van der Waals surface area (Å²) < 4.78 is 26.0. The summed E-state index contributed by atoms with van der Waals surface area (Å²) in [5.41, 5.74) is 0.440. The summed E-state index contributed by atoms with van der Waals surface area (Å²) in [6.45, 7) is 5.80. The normalized spacial score (nSPS) is 11.4. The van der Waals surface area contributed by atoms with Crippen LogP contribution in [0.25, 0.3) is 0 Å². The molecule has 0 saturated heterocycles.